The van der Waals surface area contributed by atoms with Gasteiger partial charge in [-0.05, 0) is 18.6 Å². The SMILES string of the molecule is O=C(O)c1ccc(NC(=O)N2CCC(CO)C2)cc1O. The van der Waals surface area contributed by atoms with Crippen molar-refractivity contribution in [2.75, 3.05) is 25.0 Å². The van der Waals surface area contributed by atoms with Crippen LogP contribution in [-0.4, -0.2) is 51.9 Å². The Hall–Kier alpha value is -2.28. The van der Waals surface area contributed by atoms with Gasteiger partial charge in [0.1, 0.15) is 11.3 Å². The highest BCUT2D eigenvalue weighted by Crippen LogP contribution is 2.23. The fraction of sp³-hybridized carbons (Fsp3) is 0.385. The van der Waals surface area contributed by atoms with Gasteiger partial charge in [-0.3, -0.25) is 0 Å². The molecule has 1 aromatic carbocycles. The standard InChI is InChI=1S/C13H16N2O5/c16-7-8-3-4-15(6-8)13(20)14-9-1-2-10(12(18)19)11(17)5-9/h1-2,5,8,16-17H,3-4,6-7H2,(H,14,20)(H,18,19). The molecule has 0 radical (unpaired) electrons. The number of aliphatic hydroxyl groups is 1. The van der Waals surface area contributed by atoms with E-state index in [-0.39, 0.29) is 24.1 Å². The molecule has 1 saturated heterocycles. The number of amides is 2. The lowest BCUT2D eigenvalue weighted by molar-refractivity contribution is 0.0693. The molecule has 2 rings (SSSR count). The monoisotopic (exact) mass is 280 g/mol. The second kappa shape index (κ2) is 5.79. The van der Waals surface area contributed by atoms with Crippen LogP contribution in [0.25, 0.3) is 0 Å². The highest BCUT2D eigenvalue weighted by Gasteiger charge is 2.25. The van der Waals surface area contributed by atoms with E-state index in [4.69, 9.17) is 10.2 Å². The van der Waals surface area contributed by atoms with Crippen LogP contribution in [0.1, 0.15) is 16.8 Å². The molecule has 1 heterocycles. The number of aliphatic hydroxyl groups excluding tert-OH is 1. The summed E-state index contributed by atoms with van der Waals surface area (Å²) in [5, 5.41) is 29.9. The van der Waals surface area contributed by atoms with Crippen LogP contribution < -0.4 is 5.32 Å². The second-order valence-electron chi connectivity index (χ2n) is 4.75. The van der Waals surface area contributed by atoms with Crippen molar-refractivity contribution in [2.24, 2.45) is 5.92 Å². The predicted octanol–water partition coefficient (Wildman–Crippen LogP) is 0.936. The van der Waals surface area contributed by atoms with Gasteiger partial charge < -0.3 is 25.5 Å². The summed E-state index contributed by atoms with van der Waals surface area (Å²) in [5.74, 6) is -1.53. The van der Waals surface area contributed by atoms with Crippen LogP contribution in [0, 0.1) is 5.92 Å². The second-order valence-corrected chi connectivity index (χ2v) is 4.75. The van der Waals surface area contributed by atoms with Gasteiger partial charge in [0.25, 0.3) is 0 Å². The molecule has 0 aromatic heterocycles. The van der Waals surface area contributed by atoms with Crippen molar-refractivity contribution in [1.82, 2.24) is 4.90 Å². The number of likely N-dealkylation sites (tertiary alicyclic amines) is 1. The lowest BCUT2D eigenvalue weighted by Gasteiger charge is -2.17. The number of phenols is 1. The van der Waals surface area contributed by atoms with Crippen molar-refractivity contribution in [1.29, 1.82) is 0 Å². The molecular formula is C13H16N2O5. The van der Waals surface area contributed by atoms with E-state index in [9.17, 15) is 14.7 Å². The minimum absolute atomic E-state index is 0.0534. The number of nitrogens with zero attached hydrogens (tertiary/aromatic N) is 1. The van der Waals surface area contributed by atoms with Crippen molar-refractivity contribution >= 4 is 17.7 Å². The summed E-state index contributed by atoms with van der Waals surface area (Å²) < 4.78 is 0. The molecule has 1 aliphatic heterocycles. The van der Waals surface area contributed by atoms with E-state index in [1.807, 2.05) is 0 Å². The largest absolute Gasteiger partial charge is 0.507 e. The number of aromatic carboxylic acids is 1. The molecule has 0 bridgehead atoms. The summed E-state index contributed by atoms with van der Waals surface area (Å²) in [6, 6.07) is 3.51. The van der Waals surface area contributed by atoms with Gasteiger partial charge in [0, 0.05) is 37.4 Å². The lowest BCUT2D eigenvalue weighted by Crippen LogP contribution is -2.33. The Morgan fingerprint density at radius 3 is 2.70 bits per heavy atom. The summed E-state index contributed by atoms with van der Waals surface area (Å²) >= 11 is 0. The number of nitrogens with one attached hydrogen (secondary N) is 1. The van der Waals surface area contributed by atoms with Crippen LogP contribution >= 0.6 is 0 Å². The smallest absolute Gasteiger partial charge is 0.339 e. The first-order valence-electron chi connectivity index (χ1n) is 6.24. The van der Waals surface area contributed by atoms with Crippen LogP contribution in [0.15, 0.2) is 18.2 Å². The first-order chi connectivity index (χ1) is 9.51. The maximum absolute atomic E-state index is 11.9. The normalized spacial score (nSPS) is 18.1. The summed E-state index contributed by atoms with van der Waals surface area (Å²) in [5.41, 5.74) is 0.106. The van der Waals surface area contributed by atoms with Crippen molar-refractivity contribution in [3.8, 4) is 5.75 Å². The Morgan fingerprint density at radius 2 is 2.15 bits per heavy atom. The third-order valence-corrected chi connectivity index (χ3v) is 3.31. The summed E-state index contributed by atoms with van der Waals surface area (Å²) in [6.07, 6.45) is 0.757. The highest BCUT2D eigenvalue weighted by molar-refractivity contribution is 5.94. The maximum Gasteiger partial charge on any atom is 0.339 e. The molecule has 108 valence electrons. The Balaban J connectivity index is 2.02. The first kappa shape index (κ1) is 14.1. The van der Waals surface area contributed by atoms with Gasteiger partial charge in [-0.1, -0.05) is 0 Å². The van der Waals surface area contributed by atoms with Crippen molar-refractivity contribution in [3.63, 3.8) is 0 Å². The number of anilines is 1. The topological polar surface area (TPSA) is 110 Å². The molecule has 0 spiro atoms. The molecule has 1 aliphatic rings. The fourth-order valence-corrected chi connectivity index (χ4v) is 2.16. The number of hydrogen-bond acceptors (Lipinski definition) is 4. The zero-order chi connectivity index (χ0) is 14.7. The van der Waals surface area contributed by atoms with Crippen LogP contribution in [0.2, 0.25) is 0 Å². The Bertz CT molecular complexity index is 531. The average molecular weight is 280 g/mol. The number of carboxylic acids is 1. The molecule has 1 unspecified atom stereocenters. The molecule has 4 N–H and O–H groups in total. The van der Waals surface area contributed by atoms with Gasteiger partial charge in [-0.25, -0.2) is 9.59 Å². The molecule has 0 saturated carbocycles. The van der Waals surface area contributed by atoms with Gasteiger partial charge in [0.05, 0.1) is 0 Å². The third kappa shape index (κ3) is 3.00. The van der Waals surface area contributed by atoms with E-state index in [0.29, 0.717) is 18.8 Å². The molecule has 1 atom stereocenters. The number of carboxylic acid groups (broad SMARTS) is 1. The minimum atomic E-state index is -1.23. The molecule has 7 heteroatoms. The zero-order valence-electron chi connectivity index (χ0n) is 10.7. The third-order valence-electron chi connectivity index (χ3n) is 3.31. The maximum atomic E-state index is 11.9. The lowest BCUT2D eigenvalue weighted by atomic mass is 10.1. The quantitative estimate of drug-likeness (QED) is 0.658. The van der Waals surface area contributed by atoms with Crippen LogP contribution in [0.3, 0.4) is 0 Å². The van der Waals surface area contributed by atoms with Gasteiger partial charge in [-0.2, -0.15) is 0 Å². The zero-order valence-corrected chi connectivity index (χ0v) is 10.7. The highest BCUT2D eigenvalue weighted by atomic mass is 16.4. The summed E-state index contributed by atoms with van der Waals surface area (Å²) in [4.78, 5) is 24.3. The molecule has 7 nitrogen and oxygen atoms in total. The minimum Gasteiger partial charge on any atom is -0.507 e. The van der Waals surface area contributed by atoms with E-state index in [1.54, 1.807) is 4.90 Å². The Kier molecular flexibility index (Phi) is 4.09. The average Bonchev–Trinajstić information content (AvgIpc) is 2.87. The Labute approximate surface area is 115 Å². The van der Waals surface area contributed by atoms with Crippen molar-refractivity contribution < 1.29 is 24.9 Å². The molecule has 1 aromatic rings. The first-order valence-corrected chi connectivity index (χ1v) is 6.24. The van der Waals surface area contributed by atoms with Gasteiger partial charge in [-0.15, -0.1) is 0 Å². The fourth-order valence-electron chi connectivity index (χ4n) is 2.16. The van der Waals surface area contributed by atoms with Crippen molar-refractivity contribution in [3.05, 3.63) is 23.8 Å². The summed E-state index contributed by atoms with van der Waals surface area (Å²) in [6.45, 7) is 1.11. The molecule has 2 amide bonds. The number of benzene rings is 1. The van der Waals surface area contributed by atoms with Crippen molar-refractivity contribution in [2.45, 2.75) is 6.42 Å². The van der Waals surface area contributed by atoms with Crippen LogP contribution in [0.4, 0.5) is 10.5 Å². The van der Waals surface area contributed by atoms with Crippen LogP contribution in [0.5, 0.6) is 5.75 Å². The van der Waals surface area contributed by atoms with E-state index < -0.39 is 11.7 Å². The molecule has 0 aliphatic carbocycles. The Morgan fingerprint density at radius 1 is 1.40 bits per heavy atom. The number of hydrogen-bond donors (Lipinski definition) is 4. The van der Waals surface area contributed by atoms with Gasteiger partial charge >= 0.3 is 12.0 Å². The number of carbonyl (C=O) groups excluding carboxylic acids is 1. The number of aromatic hydroxyl groups is 1. The van der Waals surface area contributed by atoms with Gasteiger partial charge in [0.2, 0.25) is 0 Å². The summed E-state index contributed by atoms with van der Waals surface area (Å²) in [7, 11) is 0. The number of rotatable bonds is 3. The van der Waals surface area contributed by atoms with E-state index in [1.165, 1.54) is 18.2 Å². The van der Waals surface area contributed by atoms with E-state index in [0.717, 1.165) is 6.42 Å². The molecule has 20 heavy (non-hydrogen) atoms. The number of urea groups is 1. The molecular weight excluding hydrogens is 264 g/mol. The van der Waals surface area contributed by atoms with E-state index >= 15 is 0 Å². The van der Waals surface area contributed by atoms with Crippen LogP contribution in [-0.2, 0) is 0 Å². The predicted molar refractivity (Wildman–Crippen MR) is 70.9 cm³/mol. The van der Waals surface area contributed by atoms with Gasteiger partial charge in [0.15, 0.2) is 0 Å². The van der Waals surface area contributed by atoms with E-state index in [2.05, 4.69) is 5.32 Å². The molecule has 1 fully saturated rings. The number of carbonyl (C=O) groups is 2.